The van der Waals surface area contributed by atoms with Gasteiger partial charge in [0.1, 0.15) is 0 Å². The molecule has 150 valence electrons. The van der Waals surface area contributed by atoms with Crippen LogP contribution in [0.25, 0.3) is 0 Å². The molecular weight excluding hydrogens is 346 g/mol. The quantitative estimate of drug-likeness (QED) is 0.312. The number of aliphatic imine (C=N–C) groups is 1. The summed E-state index contributed by atoms with van der Waals surface area (Å²) >= 11 is 0. The van der Waals surface area contributed by atoms with Crippen molar-refractivity contribution in [3.05, 3.63) is 39.9 Å². The predicted molar refractivity (Wildman–Crippen MR) is 107 cm³/mol. The Morgan fingerprint density at radius 3 is 2.70 bits per heavy atom. The molecule has 1 aromatic carbocycles. The standard InChI is InChI=1S/C19H31N5O3/c1-15(2)11-18(23-7-9-27-10-8-23)14-22-19(20-3)21-13-16-5-4-6-17(12-16)24(25)26/h4-6,12,15,18H,7-11,13-14H2,1-3H3,(H2,20,21,22). The van der Waals surface area contributed by atoms with Crippen LogP contribution in [0.2, 0.25) is 0 Å². The molecule has 0 aliphatic carbocycles. The molecule has 1 atom stereocenters. The van der Waals surface area contributed by atoms with E-state index in [1.54, 1.807) is 19.2 Å². The highest BCUT2D eigenvalue weighted by atomic mass is 16.6. The number of benzene rings is 1. The van der Waals surface area contributed by atoms with E-state index in [2.05, 4.69) is 34.4 Å². The van der Waals surface area contributed by atoms with Crippen LogP contribution in [-0.2, 0) is 11.3 Å². The second kappa shape index (κ2) is 10.8. The fraction of sp³-hybridized carbons (Fsp3) is 0.632. The normalized spacial score (nSPS) is 17.0. The van der Waals surface area contributed by atoms with E-state index in [-0.39, 0.29) is 10.6 Å². The average Bonchev–Trinajstić information content (AvgIpc) is 2.67. The first-order chi connectivity index (χ1) is 13.0. The van der Waals surface area contributed by atoms with Crippen LogP contribution >= 0.6 is 0 Å². The Balaban J connectivity index is 1.88. The lowest BCUT2D eigenvalue weighted by Gasteiger charge is -2.35. The lowest BCUT2D eigenvalue weighted by atomic mass is 10.0. The molecule has 1 heterocycles. The minimum atomic E-state index is -0.380. The third-order valence-electron chi connectivity index (χ3n) is 4.62. The SMILES string of the molecule is CN=C(NCc1cccc([N+](=O)[O-])c1)NCC(CC(C)C)N1CCOCC1. The van der Waals surface area contributed by atoms with Crippen molar-refractivity contribution < 1.29 is 9.66 Å². The summed E-state index contributed by atoms with van der Waals surface area (Å²) in [5.41, 5.74) is 0.945. The summed E-state index contributed by atoms with van der Waals surface area (Å²) < 4.78 is 5.47. The Bertz CT molecular complexity index is 630. The van der Waals surface area contributed by atoms with Crippen molar-refractivity contribution in [3.8, 4) is 0 Å². The third-order valence-corrected chi connectivity index (χ3v) is 4.62. The smallest absolute Gasteiger partial charge is 0.269 e. The monoisotopic (exact) mass is 377 g/mol. The van der Waals surface area contributed by atoms with E-state index in [0.717, 1.165) is 44.8 Å². The summed E-state index contributed by atoms with van der Waals surface area (Å²) in [5.74, 6) is 1.31. The molecule has 1 aliphatic rings. The maximum Gasteiger partial charge on any atom is 0.269 e. The maximum atomic E-state index is 10.9. The third kappa shape index (κ3) is 7.15. The van der Waals surface area contributed by atoms with Crippen LogP contribution in [-0.4, -0.2) is 61.7 Å². The molecule has 1 fully saturated rings. The molecular formula is C19H31N5O3. The Morgan fingerprint density at radius 1 is 1.33 bits per heavy atom. The molecule has 8 nitrogen and oxygen atoms in total. The summed E-state index contributed by atoms with van der Waals surface area (Å²) in [4.78, 5) is 17.3. The van der Waals surface area contributed by atoms with E-state index < -0.39 is 0 Å². The van der Waals surface area contributed by atoms with Gasteiger partial charge in [-0.15, -0.1) is 0 Å². The van der Waals surface area contributed by atoms with Crippen molar-refractivity contribution in [2.24, 2.45) is 10.9 Å². The molecule has 0 radical (unpaired) electrons. The molecule has 1 aliphatic heterocycles. The minimum Gasteiger partial charge on any atom is -0.379 e. The Hall–Kier alpha value is -2.19. The molecule has 1 aromatic rings. The van der Waals surface area contributed by atoms with Crippen molar-refractivity contribution >= 4 is 11.6 Å². The van der Waals surface area contributed by atoms with Gasteiger partial charge in [-0.3, -0.25) is 20.0 Å². The summed E-state index contributed by atoms with van der Waals surface area (Å²) in [6.45, 7) is 9.24. The van der Waals surface area contributed by atoms with Crippen molar-refractivity contribution in [2.75, 3.05) is 39.9 Å². The van der Waals surface area contributed by atoms with E-state index in [1.807, 2.05) is 6.07 Å². The number of guanidine groups is 1. The number of morpholine rings is 1. The van der Waals surface area contributed by atoms with E-state index in [0.29, 0.717) is 24.5 Å². The van der Waals surface area contributed by atoms with Crippen molar-refractivity contribution in [1.29, 1.82) is 0 Å². The molecule has 8 heteroatoms. The zero-order valence-corrected chi connectivity index (χ0v) is 16.5. The zero-order chi connectivity index (χ0) is 19.6. The highest BCUT2D eigenvalue weighted by Crippen LogP contribution is 2.14. The minimum absolute atomic E-state index is 0.0987. The van der Waals surface area contributed by atoms with Crippen LogP contribution < -0.4 is 10.6 Å². The molecule has 0 bridgehead atoms. The Kier molecular flexibility index (Phi) is 8.47. The largest absolute Gasteiger partial charge is 0.379 e. The number of nitro benzene ring substituents is 1. The molecule has 2 N–H and O–H groups in total. The van der Waals surface area contributed by atoms with Gasteiger partial charge in [0.2, 0.25) is 0 Å². The first kappa shape index (κ1) is 21.1. The molecule has 27 heavy (non-hydrogen) atoms. The molecule has 0 amide bonds. The van der Waals surface area contributed by atoms with Crippen molar-refractivity contribution in [1.82, 2.24) is 15.5 Å². The van der Waals surface area contributed by atoms with E-state index in [4.69, 9.17) is 4.74 Å². The summed E-state index contributed by atoms with van der Waals surface area (Å²) in [7, 11) is 1.73. The first-order valence-electron chi connectivity index (χ1n) is 9.49. The summed E-state index contributed by atoms with van der Waals surface area (Å²) in [6, 6.07) is 7.06. The second-order valence-corrected chi connectivity index (χ2v) is 7.17. The molecule has 0 spiro atoms. The van der Waals surface area contributed by atoms with Crippen LogP contribution in [0, 0.1) is 16.0 Å². The summed E-state index contributed by atoms with van der Waals surface area (Å²) in [6.07, 6.45) is 1.11. The van der Waals surface area contributed by atoms with Crippen molar-refractivity contribution in [3.63, 3.8) is 0 Å². The lowest BCUT2D eigenvalue weighted by Crippen LogP contribution is -2.50. The van der Waals surface area contributed by atoms with Gasteiger partial charge in [-0.2, -0.15) is 0 Å². The van der Waals surface area contributed by atoms with E-state index in [1.165, 1.54) is 6.07 Å². The van der Waals surface area contributed by atoms with Crippen LogP contribution in [0.4, 0.5) is 5.69 Å². The fourth-order valence-electron chi connectivity index (χ4n) is 3.25. The highest BCUT2D eigenvalue weighted by Gasteiger charge is 2.22. The van der Waals surface area contributed by atoms with Gasteiger partial charge in [-0.25, -0.2) is 0 Å². The number of hydrogen-bond donors (Lipinski definition) is 2. The Morgan fingerprint density at radius 2 is 2.07 bits per heavy atom. The van der Waals surface area contributed by atoms with Crippen molar-refractivity contribution in [2.45, 2.75) is 32.9 Å². The molecule has 1 saturated heterocycles. The molecule has 0 aromatic heterocycles. The van der Waals surface area contributed by atoms with Gasteiger partial charge in [0, 0.05) is 51.4 Å². The average molecular weight is 377 g/mol. The van der Waals surface area contributed by atoms with Gasteiger partial charge in [-0.05, 0) is 17.9 Å². The highest BCUT2D eigenvalue weighted by molar-refractivity contribution is 5.79. The number of nitrogens with zero attached hydrogens (tertiary/aromatic N) is 3. The van der Waals surface area contributed by atoms with Crippen LogP contribution in [0.15, 0.2) is 29.3 Å². The lowest BCUT2D eigenvalue weighted by molar-refractivity contribution is -0.384. The molecule has 1 unspecified atom stereocenters. The second-order valence-electron chi connectivity index (χ2n) is 7.17. The van der Waals surface area contributed by atoms with Gasteiger partial charge < -0.3 is 15.4 Å². The van der Waals surface area contributed by atoms with Gasteiger partial charge in [0.05, 0.1) is 18.1 Å². The van der Waals surface area contributed by atoms with Gasteiger partial charge in [0.25, 0.3) is 5.69 Å². The van der Waals surface area contributed by atoms with Gasteiger partial charge in [0.15, 0.2) is 5.96 Å². The topological polar surface area (TPSA) is 92.0 Å². The number of nitrogens with one attached hydrogen (secondary N) is 2. The van der Waals surface area contributed by atoms with Gasteiger partial charge >= 0.3 is 0 Å². The molecule has 0 saturated carbocycles. The zero-order valence-electron chi connectivity index (χ0n) is 16.5. The number of ether oxygens (including phenoxy) is 1. The van der Waals surface area contributed by atoms with Crippen LogP contribution in [0.5, 0.6) is 0 Å². The van der Waals surface area contributed by atoms with E-state index >= 15 is 0 Å². The number of nitro groups is 1. The summed E-state index contributed by atoms with van der Waals surface area (Å²) in [5, 5.41) is 17.5. The predicted octanol–water partition coefficient (Wildman–Crippen LogP) is 2.01. The number of rotatable bonds is 8. The fourth-order valence-corrected chi connectivity index (χ4v) is 3.25. The Labute approximate surface area is 161 Å². The van der Waals surface area contributed by atoms with E-state index in [9.17, 15) is 10.1 Å². The number of non-ortho nitro benzene ring substituents is 1. The molecule has 2 rings (SSSR count). The first-order valence-corrected chi connectivity index (χ1v) is 9.49. The van der Waals surface area contributed by atoms with Gasteiger partial charge in [-0.1, -0.05) is 26.0 Å². The number of hydrogen-bond acceptors (Lipinski definition) is 5. The van der Waals surface area contributed by atoms with Crippen LogP contribution in [0.1, 0.15) is 25.8 Å². The maximum absolute atomic E-state index is 10.9. The van der Waals surface area contributed by atoms with Crippen LogP contribution in [0.3, 0.4) is 0 Å².